The zero-order chi connectivity index (χ0) is 17.1. The fourth-order valence-electron chi connectivity index (χ4n) is 2.89. The van der Waals surface area contributed by atoms with Gasteiger partial charge >= 0.3 is 0 Å². The van der Waals surface area contributed by atoms with Gasteiger partial charge in [0.25, 0.3) is 0 Å². The molecule has 24 heavy (non-hydrogen) atoms. The largest absolute Gasteiger partial charge is 0.382 e. The topological polar surface area (TPSA) is 94.1 Å². The lowest BCUT2D eigenvalue weighted by Crippen LogP contribution is -2.48. The van der Waals surface area contributed by atoms with Gasteiger partial charge < -0.3 is 20.9 Å². The van der Waals surface area contributed by atoms with Crippen molar-refractivity contribution < 1.29 is 0 Å². The molecule has 0 amide bonds. The Bertz CT molecular complexity index is 781. The van der Waals surface area contributed by atoms with Gasteiger partial charge in [-0.15, -0.1) is 0 Å². The predicted octanol–water partition coefficient (Wildman–Crippen LogP) is 1.98. The summed E-state index contributed by atoms with van der Waals surface area (Å²) < 4.78 is 0. The lowest BCUT2D eigenvalue weighted by molar-refractivity contribution is 0.329. The minimum Gasteiger partial charge on any atom is -0.382 e. The summed E-state index contributed by atoms with van der Waals surface area (Å²) in [7, 11) is 2.02. The van der Waals surface area contributed by atoms with Crippen LogP contribution in [0.1, 0.15) is 12.5 Å². The Morgan fingerprint density at radius 3 is 2.71 bits per heavy atom. The van der Waals surface area contributed by atoms with Crippen molar-refractivity contribution in [2.24, 2.45) is 0 Å². The van der Waals surface area contributed by atoms with Crippen LogP contribution in [0.4, 0.5) is 17.3 Å². The number of anilines is 3. The van der Waals surface area contributed by atoms with Gasteiger partial charge in [-0.1, -0.05) is 18.2 Å². The zero-order valence-corrected chi connectivity index (χ0v) is 13.6. The fraction of sp³-hybridized carbons (Fsp3) is 0.235. The van der Waals surface area contributed by atoms with Crippen molar-refractivity contribution in [1.29, 1.82) is 5.26 Å². The lowest BCUT2D eigenvalue weighted by atomic mass is 10.2. The Hall–Kier alpha value is -3.27. The summed E-state index contributed by atoms with van der Waals surface area (Å²) in [6, 6.07) is 12.2. The molecular weight excluding hydrogens is 302 g/mol. The van der Waals surface area contributed by atoms with E-state index in [-0.39, 0.29) is 23.6 Å². The van der Waals surface area contributed by atoms with Crippen molar-refractivity contribution in [3.8, 4) is 6.07 Å². The van der Waals surface area contributed by atoms with E-state index in [0.29, 0.717) is 5.82 Å². The molecule has 0 saturated carbocycles. The molecule has 2 atom stereocenters. The second-order valence-electron chi connectivity index (χ2n) is 5.65. The summed E-state index contributed by atoms with van der Waals surface area (Å²) in [5, 5.41) is 12.6. The minimum atomic E-state index is -0.0217. The third-order valence-corrected chi connectivity index (χ3v) is 4.02. The normalized spacial score (nSPS) is 17.6. The van der Waals surface area contributed by atoms with E-state index in [9.17, 15) is 5.26 Å². The number of rotatable bonds is 4. The van der Waals surface area contributed by atoms with E-state index in [1.165, 1.54) is 6.33 Å². The van der Waals surface area contributed by atoms with Crippen LogP contribution in [0.25, 0.3) is 0 Å². The van der Waals surface area contributed by atoms with E-state index >= 15 is 0 Å². The molecule has 0 radical (unpaired) electrons. The molecule has 7 heteroatoms. The van der Waals surface area contributed by atoms with Crippen molar-refractivity contribution in [2.75, 3.05) is 23.0 Å². The van der Waals surface area contributed by atoms with E-state index in [4.69, 9.17) is 5.73 Å². The van der Waals surface area contributed by atoms with E-state index in [2.05, 4.69) is 43.3 Å². The van der Waals surface area contributed by atoms with Crippen molar-refractivity contribution in [1.82, 2.24) is 14.9 Å². The number of nitrogens with one attached hydrogen (secondary N) is 1. The molecule has 0 fully saturated rings. The average molecular weight is 321 g/mol. The Morgan fingerprint density at radius 2 is 2.00 bits per heavy atom. The number of hydrogen-bond donors (Lipinski definition) is 2. The van der Waals surface area contributed by atoms with Gasteiger partial charge in [-0.3, -0.25) is 0 Å². The number of likely N-dealkylation sites (N-methyl/N-ethyl adjacent to an activating group) is 1. The molecule has 7 nitrogen and oxygen atoms in total. The van der Waals surface area contributed by atoms with Crippen LogP contribution in [0.2, 0.25) is 0 Å². The van der Waals surface area contributed by atoms with E-state index in [1.54, 1.807) is 0 Å². The summed E-state index contributed by atoms with van der Waals surface area (Å²) in [5.41, 5.74) is 7.12. The van der Waals surface area contributed by atoms with E-state index < -0.39 is 0 Å². The number of aromatic nitrogens is 2. The van der Waals surface area contributed by atoms with Gasteiger partial charge in [-0.25, -0.2) is 9.97 Å². The number of hydrogen-bond acceptors (Lipinski definition) is 7. The fourth-order valence-corrected chi connectivity index (χ4v) is 2.89. The summed E-state index contributed by atoms with van der Waals surface area (Å²) in [4.78, 5) is 12.3. The lowest BCUT2D eigenvalue weighted by Gasteiger charge is -2.35. The molecule has 0 saturated heterocycles. The number of nitrogens with two attached hydrogens (primary N) is 1. The Balaban J connectivity index is 1.85. The highest BCUT2D eigenvalue weighted by molar-refractivity contribution is 5.62. The molecule has 3 rings (SSSR count). The van der Waals surface area contributed by atoms with Crippen molar-refractivity contribution >= 4 is 17.3 Å². The highest BCUT2D eigenvalue weighted by Crippen LogP contribution is 2.27. The van der Waals surface area contributed by atoms with Crippen LogP contribution in [0.3, 0.4) is 0 Å². The van der Waals surface area contributed by atoms with Gasteiger partial charge in [0.2, 0.25) is 0 Å². The van der Waals surface area contributed by atoms with Gasteiger partial charge in [0.1, 0.15) is 35.8 Å². The standard InChI is InChI=1S/C17H19N7/c1-12(22-16-14(10-18)15(19)20-11-21-16)17-23(2)8-9-24(17)13-6-4-3-5-7-13/h3-9,11-12,17H,1-2H3,(H3,19,20,21,22). The van der Waals surface area contributed by atoms with Gasteiger partial charge in [-0.2, -0.15) is 5.26 Å². The summed E-state index contributed by atoms with van der Waals surface area (Å²) in [6.45, 7) is 2.05. The minimum absolute atomic E-state index is 0.0217. The summed E-state index contributed by atoms with van der Waals surface area (Å²) >= 11 is 0. The van der Waals surface area contributed by atoms with Crippen molar-refractivity contribution in [2.45, 2.75) is 19.1 Å². The zero-order valence-electron chi connectivity index (χ0n) is 13.6. The summed E-state index contributed by atoms with van der Waals surface area (Å²) in [5.74, 6) is 0.630. The Labute approximate surface area is 141 Å². The number of benzene rings is 1. The Morgan fingerprint density at radius 1 is 1.25 bits per heavy atom. The molecular formula is C17H19N7. The third kappa shape index (κ3) is 2.82. The van der Waals surface area contributed by atoms with Crippen LogP contribution in [0, 0.1) is 11.3 Å². The molecule has 0 spiro atoms. The molecule has 1 aliphatic rings. The van der Waals surface area contributed by atoms with Crippen LogP contribution in [-0.4, -0.2) is 34.1 Å². The van der Waals surface area contributed by atoms with Crippen LogP contribution >= 0.6 is 0 Å². The van der Waals surface area contributed by atoms with Gasteiger partial charge in [0.15, 0.2) is 0 Å². The highest BCUT2D eigenvalue weighted by Gasteiger charge is 2.30. The number of nitrogen functional groups attached to an aromatic ring is 1. The average Bonchev–Trinajstić information content (AvgIpc) is 2.97. The molecule has 1 aromatic heterocycles. The number of para-hydroxylation sites is 1. The van der Waals surface area contributed by atoms with Gasteiger partial charge in [0.05, 0.1) is 6.04 Å². The van der Waals surface area contributed by atoms with Crippen molar-refractivity contribution in [3.05, 3.63) is 54.6 Å². The van der Waals surface area contributed by atoms with E-state index in [0.717, 1.165) is 5.69 Å². The highest BCUT2D eigenvalue weighted by atomic mass is 15.4. The van der Waals surface area contributed by atoms with Gasteiger partial charge in [0, 0.05) is 25.1 Å². The first-order chi connectivity index (χ1) is 11.6. The molecule has 3 N–H and O–H groups in total. The van der Waals surface area contributed by atoms with Crippen LogP contribution < -0.4 is 16.0 Å². The second-order valence-corrected chi connectivity index (χ2v) is 5.65. The van der Waals surface area contributed by atoms with Gasteiger partial charge in [-0.05, 0) is 19.1 Å². The maximum absolute atomic E-state index is 9.28. The first kappa shape index (κ1) is 15.6. The quantitative estimate of drug-likeness (QED) is 0.889. The second kappa shape index (κ2) is 6.46. The maximum Gasteiger partial charge on any atom is 0.149 e. The molecule has 1 aliphatic heterocycles. The smallest absolute Gasteiger partial charge is 0.149 e. The molecule has 2 unspecified atom stereocenters. The molecule has 122 valence electrons. The van der Waals surface area contributed by atoms with Crippen LogP contribution in [0.15, 0.2) is 49.1 Å². The summed E-state index contributed by atoms with van der Waals surface area (Å²) in [6.07, 6.45) is 5.46. The van der Waals surface area contributed by atoms with E-state index in [1.807, 2.05) is 44.6 Å². The van der Waals surface area contributed by atoms with Crippen molar-refractivity contribution in [3.63, 3.8) is 0 Å². The first-order valence-electron chi connectivity index (χ1n) is 7.62. The SMILES string of the molecule is CC(Nc1ncnc(N)c1C#N)C1N(C)C=CN1c1ccccc1. The number of nitrogens with zero attached hydrogens (tertiary/aromatic N) is 5. The monoisotopic (exact) mass is 321 g/mol. The molecule has 0 aliphatic carbocycles. The Kier molecular flexibility index (Phi) is 4.20. The molecule has 1 aromatic carbocycles. The van der Waals surface area contributed by atoms with Crippen LogP contribution in [0.5, 0.6) is 0 Å². The predicted molar refractivity (Wildman–Crippen MR) is 93.9 cm³/mol. The number of nitriles is 1. The molecule has 2 aromatic rings. The first-order valence-corrected chi connectivity index (χ1v) is 7.62. The van der Waals surface area contributed by atoms with Crippen LogP contribution in [-0.2, 0) is 0 Å². The molecule has 0 bridgehead atoms. The molecule has 2 heterocycles. The third-order valence-electron chi connectivity index (χ3n) is 4.02. The maximum atomic E-state index is 9.28.